The van der Waals surface area contributed by atoms with Gasteiger partial charge in [0.2, 0.25) is 0 Å². The molecule has 2 amide bonds. The Kier molecular flexibility index (Phi) is 3.48. The number of carbonyl (C=O) groups is 2. The number of H-pyrrole nitrogens is 2. The van der Waals surface area contributed by atoms with E-state index < -0.39 is 0 Å². The highest BCUT2D eigenvalue weighted by Crippen LogP contribution is 2.38. The summed E-state index contributed by atoms with van der Waals surface area (Å²) >= 11 is 1.64. The molecule has 0 atom stereocenters. The topological polar surface area (TPSA) is 77.8 Å². The first-order chi connectivity index (χ1) is 13.2. The molecule has 2 aromatic heterocycles. The number of imide groups is 1. The fraction of sp³-hybridized carbons (Fsp3) is 0.0476. The third-order valence-corrected chi connectivity index (χ3v) is 5.74. The van der Waals surface area contributed by atoms with Crippen molar-refractivity contribution in [3.05, 3.63) is 66.0 Å². The number of thioether (sulfide) groups is 1. The average Bonchev–Trinajstić information content (AvgIpc) is 3.36. The SMILES string of the molecule is CSc1cccc2c(C3=C(c4c[nH]c5ccccc45)C(=O)NC3=O)c[nH]c12. The number of carbonyl (C=O) groups excluding carboxylic acids is 2. The molecule has 3 N–H and O–H groups in total. The van der Waals surface area contributed by atoms with Crippen molar-refractivity contribution in [3.8, 4) is 0 Å². The van der Waals surface area contributed by atoms with Gasteiger partial charge in [-0.3, -0.25) is 14.9 Å². The lowest BCUT2D eigenvalue weighted by Gasteiger charge is -2.04. The standard InChI is InChI=1S/C21H15N3O2S/c1-27-16-8-4-6-12-14(10-23-19(12)16)18-17(20(25)24-21(18)26)13-9-22-15-7-3-2-5-11(13)15/h2-10,22-23H,1H3,(H,24,25,26). The van der Waals surface area contributed by atoms with E-state index in [-0.39, 0.29) is 11.8 Å². The third-order valence-electron chi connectivity index (χ3n) is 4.96. The molecule has 1 aliphatic rings. The van der Waals surface area contributed by atoms with Crippen LogP contribution in [0.2, 0.25) is 0 Å². The Morgan fingerprint density at radius 3 is 2.22 bits per heavy atom. The summed E-state index contributed by atoms with van der Waals surface area (Å²) in [6.07, 6.45) is 5.62. The van der Waals surface area contributed by atoms with Crippen molar-refractivity contribution in [2.24, 2.45) is 0 Å². The molecule has 0 aliphatic carbocycles. The second kappa shape index (κ2) is 5.89. The number of rotatable bonds is 3. The Balaban J connectivity index is 1.83. The third kappa shape index (κ3) is 2.27. The minimum Gasteiger partial charge on any atom is -0.361 e. The maximum atomic E-state index is 12.7. The molecule has 1 aliphatic heterocycles. The van der Waals surface area contributed by atoms with Gasteiger partial charge in [0.25, 0.3) is 11.8 Å². The van der Waals surface area contributed by atoms with E-state index in [0.717, 1.165) is 37.8 Å². The Morgan fingerprint density at radius 2 is 1.44 bits per heavy atom. The number of amides is 2. The number of aromatic nitrogens is 2. The van der Waals surface area contributed by atoms with Gasteiger partial charge in [-0.15, -0.1) is 11.8 Å². The van der Waals surface area contributed by atoms with Crippen LogP contribution in [0.3, 0.4) is 0 Å². The van der Waals surface area contributed by atoms with Crippen molar-refractivity contribution in [3.63, 3.8) is 0 Å². The lowest BCUT2D eigenvalue weighted by Crippen LogP contribution is -2.22. The van der Waals surface area contributed by atoms with Crippen molar-refractivity contribution in [1.29, 1.82) is 0 Å². The number of hydrogen-bond acceptors (Lipinski definition) is 3. The molecular formula is C21H15N3O2S. The minimum absolute atomic E-state index is 0.365. The quantitative estimate of drug-likeness (QED) is 0.376. The molecule has 132 valence electrons. The lowest BCUT2D eigenvalue weighted by molar-refractivity contribution is -0.122. The van der Waals surface area contributed by atoms with Gasteiger partial charge in [-0.2, -0.15) is 0 Å². The molecule has 0 bridgehead atoms. The van der Waals surface area contributed by atoms with Crippen molar-refractivity contribution in [1.82, 2.24) is 15.3 Å². The highest BCUT2D eigenvalue weighted by molar-refractivity contribution is 7.98. The summed E-state index contributed by atoms with van der Waals surface area (Å²) in [5, 5.41) is 4.31. The first-order valence-corrected chi connectivity index (χ1v) is 9.72. The first-order valence-electron chi connectivity index (χ1n) is 8.50. The van der Waals surface area contributed by atoms with E-state index >= 15 is 0 Å². The zero-order valence-corrected chi connectivity index (χ0v) is 15.2. The van der Waals surface area contributed by atoms with E-state index in [0.29, 0.717) is 11.1 Å². The molecular weight excluding hydrogens is 358 g/mol. The molecule has 0 fully saturated rings. The molecule has 27 heavy (non-hydrogen) atoms. The summed E-state index contributed by atoms with van der Waals surface area (Å²) in [6, 6.07) is 13.7. The van der Waals surface area contributed by atoms with E-state index in [4.69, 9.17) is 0 Å². The van der Waals surface area contributed by atoms with Gasteiger partial charge < -0.3 is 9.97 Å². The number of benzene rings is 2. The van der Waals surface area contributed by atoms with Gasteiger partial charge >= 0.3 is 0 Å². The van der Waals surface area contributed by atoms with Gasteiger partial charge in [0.05, 0.1) is 16.7 Å². The van der Waals surface area contributed by atoms with Crippen LogP contribution in [0.25, 0.3) is 33.0 Å². The second-order valence-corrected chi connectivity index (χ2v) is 7.21. The number of hydrogen-bond donors (Lipinski definition) is 3. The highest BCUT2D eigenvalue weighted by Gasteiger charge is 2.34. The van der Waals surface area contributed by atoms with Crippen LogP contribution in [0.15, 0.2) is 59.8 Å². The molecule has 0 radical (unpaired) electrons. The van der Waals surface area contributed by atoms with Crippen molar-refractivity contribution < 1.29 is 9.59 Å². The number of fused-ring (bicyclic) bond motifs is 2. The molecule has 4 aromatic rings. The van der Waals surface area contributed by atoms with E-state index in [1.165, 1.54) is 0 Å². The maximum absolute atomic E-state index is 12.7. The summed E-state index contributed by atoms with van der Waals surface area (Å²) in [5.74, 6) is -0.731. The second-order valence-electron chi connectivity index (χ2n) is 6.37. The van der Waals surface area contributed by atoms with Crippen molar-refractivity contribution >= 4 is 56.5 Å². The predicted molar refractivity (Wildman–Crippen MR) is 108 cm³/mol. The minimum atomic E-state index is -0.366. The van der Waals surface area contributed by atoms with Crippen LogP contribution < -0.4 is 5.32 Å². The average molecular weight is 373 g/mol. The van der Waals surface area contributed by atoms with Crippen molar-refractivity contribution in [2.45, 2.75) is 4.90 Å². The Morgan fingerprint density at radius 1 is 0.778 bits per heavy atom. The van der Waals surface area contributed by atoms with Crippen molar-refractivity contribution in [2.75, 3.05) is 6.26 Å². The predicted octanol–water partition coefficient (Wildman–Crippen LogP) is 3.94. The Bertz CT molecular complexity index is 1280. The summed E-state index contributed by atoms with van der Waals surface area (Å²) in [7, 11) is 0. The largest absolute Gasteiger partial charge is 0.361 e. The Labute approximate surface area is 158 Å². The van der Waals surface area contributed by atoms with Gasteiger partial charge in [-0.25, -0.2) is 0 Å². The number of para-hydroxylation sites is 2. The first kappa shape index (κ1) is 16.0. The maximum Gasteiger partial charge on any atom is 0.259 e. The van der Waals surface area contributed by atoms with Gasteiger partial charge in [0.15, 0.2) is 0 Å². The van der Waals surface area contributed by atoms with Crippen LogP contribution in [0.1, 0.15) is 11.1 Å². The van der Waals surface area contributed by atoms with Crippen LogP contribution in [0.5, 0.6) is 0 Å². The normalized spacial score (nSPS) is 14.6. The molecule has 2 aromatic carbocycles. The summed E-state index contributed by atoms with van der Waals surface area (Å²) in [5.41, 5.74) is 4.19. The van der Waals surface area contributed by atoms with Gasteiger partial charge in [0, 0.05) is 44.7 Å². The van der Waals surface area contributed by atoms with Crippen LogP contribution in [-0.4, -0.2) is 28.0 Å². The molecule has 0 unspecified atom stereocenters. The van der Waals surface area contributed by atoms with E-state index in [1.807, 2.05) is 54.9 Å². The monoisotopic (exact) mass is 373 g/mol. The van der Waals surface area contributed by atoms with Crippen LogP contribution >= 0.6 is 11.8 Å². The molecule has 0 spiro atoms. The summed E-state index contributed by atoms with van der Waals surface area (Å²) < 4.78 is 0. The van der Waals surface area contributed by atoms with Crippen LogP contribution in [0, 0.1) is 0 Å². The molecule has 5 nitrogen and oxygen atoms in total. The number of nitrogens with one attached hydrogen (secondary N) is 3. The summed E-state index contributed by atoms with van der Waals surface area (Å²) in [4.78, 5) is 32.9. The smallest absolute Gasteiger partial charge is 0.259 e. The molecule has 0 saturated heterocycles. The molecule has 3 heterocycles. The van der Waals surface area contributed by atoms with E-state index in [1.54, 1.807) is 18.0 Å². The van der Waals surface area contributed by atoms with E-state index in [2.05, 4.69) is 15.3 Å². The van der Waals surface area contributed by atoms with Gasteiger partial charge in [0.1, 0.15) is 0 Å². The fourth-order valence-corrected chi connectivity index (χ4v) is 4.34. The Hall–Kier alpha value is -3.25. The zero-order chi connectivity index (χ0) is 18.5. The number of aromatic amines is 2. The zero-order valence-electron chi connectivity index (χ0n) is 14.4. The fourth-order valence-electron chi connectivity index (χ4n) is 3.75. The molecule has 5 rings (SSSR count). The molecule has 0 saturated carbocycles. The van der Waals surface area contributed by atoms with Gasteiger partial charge in [-0.05, 0) is 18.4 Å². The lowest BCUT2D eigenvalue weighted by atomic mass is 9.95. The molecule has 6 heteroatoms. The van der Waals surface area contributed by atoms with E-state index in [9.17, 15) is 9.59 Å². The van der Waals surface area contributed by atoms with Crippen LogP contribution in [0.4, 0.5) is 0 Å². The summed E-state index contributed by atoms with van der Waals surface area (Å²) in [6.45, 7) is 0. The highest BCUT2D eigenvalue weighted by atomic mass is 32.2. The van der Waals surface area contributed by atoms with Gasteiger partial charge in [-0.1, -0.05) is 30.3 Å². The van der Waals surface area contributed by atoms with Crippen LogP contribution in [-0.2, 0) is 9.59 Å².